The maximum absolute atomic E-state index is 13.3. The Labute approximate surface area is 140 Å². The van der Waals surface area contributed by atoms with Crippen molar-refractivity contribution in [3.8, 4) is 0 Å². The van der Waals surface area contributed by atoms with Gasteiger partial charge in [0.25, 0.3) is 0 Å². The van der Waals surface area contributed by atoms with Gasteiger partial charge in [-0.05, 0) is 35.4 Å². The summed E-state index contributed by atoms with van der Waals surface area (Å²) >= 11 is 5.85. The molecule has 4 nitrogen and oxygen atoms in total. The molecule has 122 valence electrons. The molecule has 0 atom stereocenters. The van der Waals surface area contributed by atoms with E-state index in [9.17, 15) is 4.39 Å². The SMILES string of the molecule is CN=C(NCc1ccc(Cl)cc1)NCc1ccc(F)c(CO)c1. The van der Waals surface area contributed by atoms with Crippen LogP contribution in [0.3, 0.4) is 0 Å². The molecule has 2 rings (SSSR count). The molecule has 0 heterocycles. The Morgan fingerprint density at radius 2 is 1.70 bits per heavy atom. The smallest absolute Gasteiger partial charge is 0.191 e. The Hall–Kier alpha value is -2.11. The van der Waals surface area contributed by atoms with Crippen LogP contribution in [0.4, 0.5) is 4.39 Å². The van der Waals surface area contributed by atoms with Crippen LogP contribution >= 0.6 is 11.6 Å². The molecular formula is C17H19ClFN3O. The number of benzene rings is 2. The highest BCUT2D eigenvalue weighted by Crippen LogP contribution is 2.11. The van der Waals surface area contributed by atoms with Crippen molar-refractivity contribution < 1.29 is 9.50 Å². The van der Waals surface area contributed by atoms with E-state index in [1.54, 1.807) is 19.2 Å². The van der Waals surface area contributed by atoms with Crippen molar-refractivity contribution in [1.29, 1.82) is 0 Å². The van der Waals surface area contributed by atoms with Crippen LogP contribution in [0.5, 0.6) is 0 Å². The van der Waals surface area contributed by atoms with Crippen LogP contribution < -0.4 is 10.6 Å². The average molecular weight is 336 g/mol. The molecule has 2 aromatic carbocycles. The minimum atomic E-state index is -0.401. The number of rotatable bonds is 5. The van der Waals surface area contributed by atoms with Crippen molar-refractivity contribution in [2.75, 3.05) is 7.05 Å². The highest BCUT2D eigenvalue weighted by molar-refractivity contribution is 6.30. The fourth-order valence-electron chi connectivity index (χ4n) is 2.05. The van der Waals surface area contributed by atoms with E-state index in [2.05, 4.69) is 15.6 Å². The molecule has 0 aliphatic carbocycles. The number of hydrogen-bond acceptors (Lipinski definition) is 2. The zero-order valence-electron chi connectivity index (χ0n) is 12.8. The Morgan fingerprint density at radius 1 is 1.09 bits per heavy atom. The third-order valence-electron chi connectivity index (χ3n) is 3.34. The van der Waals surface area contributed by atoms with Gasteiger partial charge in [-0.1, -0.05) is 29.8 Å². The third-order valence-corrected chi connectivity index (χ3v) is 3.59. The number of hydrogen-bond donors (Lipinski definition) is 3. The van der Waals surface area contributed by atoms with E-state index in [-0.39, 0.29) is 12.2 Å². The number of aliphatic hydroxyl groups excluding tert-OH is 1. The molecule has 0 aliphatic rings. The fraction of sp³-hybridized carbons (Fsp3) is 0.235. The molecule has 0 unspecified atom stereocenters. The van der Waals surface area contributed by atoms with E-state index in [0.29, 0.717) is 24.1 Å². The van der Waals surface area contributed by atoms with E-state index < -0.39 is 5.82 Å². The fourth-order valence-corrected chi connectivity index (χ4v) is 2.18. The largest absolute Gasteiger partial charge is 0.392 e. The van der Waals surface area contributed by atoms with Gasteiger partial charge >= 0.3 is 0 Å². The molecule has 0 amide bonds. The van der Waals surface area contributed by atoms with Crippen LogP contribution in [0.15, 0.2) is 47.5 Å². The average Bonchev–Trinajstić information content (AvgIpc) is 2.57. The minimum Gasteiger partial charge on any atom is -0.392 e. The Balaban J connectivity index is 1.89. The van der Waals surface area contributed by atoms with Gasteiger partial charge in [0.15, 0.2) is 5.96 Å². The van der Waals surface area contributed by atoms with Gasteiger partial charge in [0, 0.05) is 30.7 Å². The molecule has 0 spiro atoms. The lowest BCUT2D eigenvalue weighted by molar-refractivity contribution is 0.275. The Morgan fingerprint density at radius 3 is 2.30 bits per heavy atom. The van der Waals surface area contributed by atoms with Crippen molar-refractivity contribution in [3.63, 3.8) is 0 Å². The first-order valence-electron chi connectivity index (χ1n) is 7.19. The molecule has 23 heavy (non-hydrogen) atoms. The summed E-state index contributed by atoms with van der Waals surface area (Å²) in [6.45, 7) is 0.777. The second kappa shape index (κ2) is 8.50. The van der Waals surface area contributed by atoms with Gasteiger partial charge in [-0.3, -0.25) is 4.99 Å². The van der Waals surface area contributed by atoms with E-state index in [1.165, 1.54) is 6.07 Å². The van der Waals surface area contributed by atoms with E-state index in [1.807, 2.05) is 24.3 Å². The maximum Gasteiger partial charge on any atom is 0.191 e. The summed E-state index contributed by atoms with van der Waals surface area (Å²) in [5.41, 5.74) is 2.24. The number of nitrogens with one attached hydrogen (secondary N) is 2. The quantitative estimate of drug-likeness (QED) is 0.582. The monoisotopic (exact) mass is 335 g/mol. The van der Waals surface area contributed by atoms with Gasteiger partial charge in [-0.2, -0.15) is 0 Å². The van der Waals surface area contributed by atoms with Crippen molar-refractivity contribution in [1.82, 2.24) is 10.6 Å². The maximum atomic E-state index is 13.3. The van der Waals surface area contributed by atoms with Crippen LogP contribution in [-0.2, 0) is 19.7 Å². The molecule has 6 heteroatoms. The Kier molecular flexibility index (Phi) is 6.38. The van der Waals surface area contributed by atoms with Crippen molar-refractivity contribution in [2.45, 2.75) is 19.7 Å². The van der Waals surface area contributed by atoms with E-state index in [4.69, 9.17) is 16.7 Å². The van der Waals surface area contributed by atoms with Gasteiger partial charge in [-0.15, -0.1) is 0 Å². The molecule has 0 fully saturated rings. The summed E-state index contributed by atoms with van der Waals surface area (Å²) in [6, 6.07) is 12.2. The number of guanidine groups is 1. The van der Waals surface area contributed by atoms with E-state index in [0.717, 1.165) is 11.1 Å². The molecule has 0 saturated carbocycles. The van der Waals surface area contributed by atoms with Crippen LogP contribution in [0.1, 0.15) is 16.7 Å². The van der Waals surface area contributed by atoms with Crippen molar-refractivity contribution >= 4 is 17.6 Å². The van der Waals surface area contributed by atoms with Gasteiger partial charge in [0.2, 0.25) is 0 Å². The molecule has 0 saturated heterocycles. The molecular weight excluding hydrogens is 317 g/mol. The summed E-state index contributed by atoms with van der Waals surface area (Å²) in [7, 11) is 1.68. The minimum absolute atomic E-state index is 0.286. The lowest BCUT2D eigenvalue weighted by atomic mass is 10.1. The molecule has 0 aromatic heterocycles. The summed E-state index contributed by atoms with van der Waals surface area (Å²) < 4.78 is 13.3. The lowest BCUT2D eigenvalue weighted by Gasteiger charge is -2.12. The zero-order chi connectivity index (χ0) is 16.7. The first kappa shape index (κ1) is 17.2. The normalized spacial score (nSPS) is 11.4. The first-order chi connectivity index (χ1) is 11.1. The number of halogens is 2. The van der Waals surface area contributed by atoms with Crippen LogP contribution in [0.25, 0.3) is 0 Å². The molecule has 3 N–H and O–H groups in total. The van der Waals surface area contributed by atoms with Crippen LogP contribution in [-0.4, -0.2) is 18.1 Å². The first-order valence-corrected chi connectivity index (χ1v) is 7.57. The third kappa shape index (κ3) is 5.23. The molecule has 0 bridgehead atoms. The summed E-state index contributed by atoms with van der Waals surface area (Å²) in [6.07, 6.45) is 0. The predicted octanol–water partition coefficient (Wildman–Crippen LogP) is 2.84. The van der Waals surface area contributed by atoms with Crippen LogP contribution in [0.2, 0.25) is 5.02 Å². The van der Waals surface area contributed by atoms with Gasteiger partial charge in [0.05, 0.1) is 6.61 Å². The van der Waals surface area contributed by atoms with Crippen molar-refractivity contribution in [2.24, 2.45) is 4.99 Å². The number of aliphatic imine (C=N–C) groups is 1. The molecule has 0 radical (unpaired) electrons. The molecule has 2 aromatic rings. The number of nitrogens with zero attached hydrogens (tertiary/aromatic N) is 1. The summed E-state index contributed by atoms with van der Waals surface area (Å²) in [4.78, 5) is 4.14. The zero-order valence-corrected chi connectivity index (χ0v) is 13.6. The predicted molar refractivity (Wildman–Crippen MR) is 90.8 cm³/mol. The lowest BCUT2D eigenvalue weighted by Crippen LogP contribution is -2.36. The van der Waals surface area contributed by atoms with E-state index >= 15 is 0 Å². The van der Waals surface area contributed by atoms with Gasteiger partial charge in [0.1, 0.15) is 5.82 Å². The second-order valence-corrected chi connectivity index (χ2v) is 5.43. The second-order valence-electron chi connectivity index (χ2n) is 4.99. The van der Waals surface area contributed by atoms with Gasteiger partial charge in [-0.25, -0.2) is 4.39 Å². The number of aliphatic hydroxyl groups is 1. The Bertz CT molecular complexity index is 674. The van der Waals surface area contributed by atoms with Crippen molar-refractivity contribution in [3.05, 3.63) is 70.0 Å². The highest BCUT2D eigenvalue weighted by atomic mass is 35.5. The molecule has 0 aliphatic heterocycles. The summed E-state index contributed by atoms with van der Waals surface area (Å²) in [5, 5.41) is 16.1. The topological polar surface area (TPSA) is 56.7 Å². The highest BCUT2D eigenvalue weighted by Gasteiger charge is 2.04. The summed E-state index contributed by atoms with van der Waals surface area (Å²) in [5.74, 6) is 0.233. The van der Waals surface area contributed by atoms with Gasteiger partial charge < -0.3 is 15.7 Å². The van der Waals surface area contributed by atoms with Crippen LogP contribution in [0, 0.1) is 5.82 Å². The standard InChI is InChI=1S/C17H19ClFN3O/c1-20-17(21-9-12-2-5-15(18)6-3-12)22-10-13-4-7-16(19)14(8-13)11-23/h2-8,23H,9-11H2,1H3,(H2,20,21,22).